The monoisotopic (exact) mass is 237 g/mol. The van der Waals surface area contributed by atoms with Crippen molar-refractivity contribution in [3.63, 3.8) is 0 Å². The average Bonchev–Trinajstić information content (AvgIpc) is 2.77. The van der Waals surface area contributed by atoms with E-state index in [0.29, 0.717) is 5.56 Å². The predicted octanol–water partition coefficient (Wildman–Crippen LogP) is 3.12. The van der Waals surface area contributed by atoms with Crippen molar-refractivity contribution in [2.24, 2.45) is 5.92 Å². The molecule has 3 heteroatoms. The molecule has 1 N–H and O–H groups in total. The van der Waals surface area contributed by atoms with Gasteiger partial charge in [-0.2, -0.15) is 0 Å². The summed E-state index contributed by atoms with van der Waals surface area (Å²) in [5.74, 6) is 0.442. The summed E-state index contributed by atoms with van der Waals surface area (Å²) in [5.41, 5.74) is 1.68. The molecule has 0 aliphatic carbocycles. The minimum absolute atomic E-state index is 0.282. The lowest BCUT2D eigenvalue weighted by Crippen LogP contribution is -2.21. The first-order valence-electron chi connectivity index (χ1n) is 6.34. The fourth-order valence-corrected chi connectivity index (χ4v) is 2.53. The van der Waals surface area contributed by atoms with E-state index in [2.05, 4.69) is 11.8 Å². The highest BCUT2D eigenvalue weighted by Gasteiger charge is 2.24. The zero-order chi connectivity index (χ0) is 12.4. The van der Waals surface area contributed by atoms with Gasteiger partial charge < -0.3 is 10.0 Å². The van der Waals surface area contributed by atoms with E-state index in [4.69, 9.17) is 0 Å². The van der Waals surface area contributed by atoms with Crippen molar-refractivity contribution >= 4 is 5.69 Å². The second-order valence-corrected chi connectivity index (χ2v) is 4.89. The van der Waals surface area contributed by atoms with Gasteiger partial charge in [-0.15, -0.1) is 0 Å². The number of hydrogen-bond acceptors (Lipinski definition) is 2. The van der Waals surface area contributed by atoms with Gasteiger partial charge in [0, 0.05) is 24.3 Å². The van der Waals surface area contributed by atoms with Crippen molar-refractivity contribution in [1.29, 1.82) is 0 Å². The van der Waals surface area contributed by atoms with Crippen molar-refractivity contribution < 1.29 is 9.50 Å². The molecule has 0 saturated carbocycles. The number of anilines is 1. The van der Waals surface area contributed by atoms with Crippen LogP contribution in [0.25, 0.3) is 0 Å². The third-order valence-corrected chi connectivity index (χ3v) is 3.64. The molecule has 2 atom stereocenters. The molecule has 0 amide bonds. The number of nitrogens with zero attached hydrogens (tertiary/aromatic N) is 1. The maximum Gasteiger partial charge on any atom is 0.123 e. The summed E-state index contributed by atoms with van der Waals surface area (Å²) in [6.07, 6.45) is 1.75. The van der Waals surface area contributed by atoms with Crippen LogP contribution in [-0.2, 0) is 0 Å². The van der Waals surface area contributed by atoms with Crippen LogP contribution in [0.3, 0.4) is 0 Å². The standard InChI is InChI=1S/C14H20FNO/c1-3-11-6-7-16(9-11)14-5-4-12(15)8-13(14)10(2)17/h4-5,8,10-11,17H,3,6-7,9H2,1-2H3. The summed E-state index contributed by atoms with van der Waals surface area (Å²) >= 11 is 0. The Balaban J connectivity index is 2.26. The molecule has 2 rings (SSSR count). The minimum atomic E-state index is -0.624. The molecule has 1 aliphatic rings. The Morgan fingerprint density at radius 2 is 2.29 bits per heavy atom. The second kappa shape index (κ2) is 5.05. The van der Waals surface area contributed by atoms with Gasteiger partial charge in [0.15, 0.2) is 0 Å². The molecule has 1 aliphatic heterocycles. The van der Waals surface area contributed by atoms with Crippen molar-refractivity contribution in [3.05, 3.63) is 29.6 Å². The molecule has 1 aromatic rings. The van der Waals surface area contributed by atoms with E-state index in [-0.39, 0.29) is 5.82 Å². The van der Waals surface area contributed by atoms with Crippen LogP contribution in [0.1, 0.15) is 38.4 Å². The van der Waals surface area contributed by atoms with Crippen molar-refractivity contribution in [1.82, 2.24) is 0 Å². The van der Waals surface area contributed by atoms with Gasteiger partial charge in [0.1, 0.15) is 5.82 Å². The Bertz CT molecular complexity index is 392. The van der Waals surface area contributed by atoms with Crippen LogP contribution in [0.15, 0.2) is 18.2 Å². The topological polar surface area (TPSA) is 23.5 Å². The number of rotatable bonds is 3. The van der Waals surface area contributed by atoms with Crippen LogP contribution in [0.2, 0.25) is 0 Å². The highest BCUT2D eigenvalue weighted by molar-refractivity contribution is 5.55. The van der Waals surface area contributed by atoms with Crippen LogP contribution in [0.4, 0.5) is 10.1 Å². The zero-order valence-corrected chi connectivity index (χ0v) is 10.5. The number of benzene rings is 1. The largest absolute Gasteiger partial charge is 0.389 e. The molecule has 2 nitrogen and oxygen atoms in total. The Morgan fingerprint density at radius 1 is 1.53 bits per heavy atom. The van der Waals surface area contributed by atoms with Crippen LogP contribution >= 0.6 is 0 Å². The fourth-order valence-electron chi connectivity index (χ4n) is 2.53. The smallest absolute Gasteiger partial charge is 0.123 e. The van der Waals surface area contributed by atoms with Gasteiger partial charge in [0.2, 0.25) is 0 Å². The van der Waals surface area contributed by atoms with Crippen LogP contribution < -0.4 is 4.90 Å². The van der Waals surface area contributed by atoms with Gasteiger partial charge in [-0.3, -0.25) is 0 Å². The van der Waals surface area contributed by atoms with Crippen LogP contribution in [0, 0.1) is 11.7 Å². The van der Waals surface area contributed by atoms with E-state index >= 15 is 0 Å². The van der Waals surface area contributed by atoms with Gasteiger partial charge in [0.05, 0.1) is 6.10 Å². The van der Waals surface area contributed by atoms with E-state index in [0.717, 1.165) is 24.7 Å². The summed E-state index contributed by atoms with van der Waals surface area (Å²) in [6.45, 7) is 5.91. The molecule has 17 heavy (non-hydrogen) atoms. The molecule has 1 heterocycles. The van der Waals surface area contributed by atoms with Gasteiger partial charge in [0.25, 0.3) is 0 Å². The molecule has 1 fully saturated rings. The summed E-state index contributed by atoms with van der Waals surface area (Å²) in [4.78, 5) is 2.26. The predicted molar refractivity (Wildman–Crippen MR) is 67.6 cm³/mol. The van der Waals surface area contributed by atoms with Gasteiger partial charge in [-0.1, -0.05) is 13.3 Å². The number of hydrogen-bond donors (Lipinski definition) is 1. The fraction of sp³-hybridized carbons (Fsp3) is 0.571. The Labute approximate surface area is 102 Å². The highest BCUT2D eigenvalue weighted by Crippen LogP contribution is 2.32. The van der Waals surface area contributed by atoms with Crippen molar-refractivity contribution in [3.8, 4) is 0 Å². The Morgan fingerprint density at radius 3 is 2.88 bits per heavy atom. The number of aliphatic hydroxyl groups is 1. The lowest BCUT2D eigenvalue weighted by molar-refractivity contribution is 0.199. The third kappa shape index (κ3) is 2.60. The van der Waals surface area contributed by atoms with E-state index in [1.54, 1.807) is 13.0 Å². The summed E-state index contributed by atoms with van der Waals surface area (Å²) in [5, 5.41) is 9.72. The maximum absolute atomic E-state index is 13.2. The highest BCUT2D eigenvalue weighted by atomic mass is 19.1. The molecule has 0 aromatic heterocycles. The second-order valence-electron chi connectivity index (χ2n) is 4.89. The van der Waals surface area contributed by atoms with Crippen molar-refractivity contribution in [2.45, 2.75) is 32.8 Å². The number of halogens is 1. The third-order valence-electron chi connectivity index (χ3n) is 3.64. The lowest BCUT2D eigenvalue weighted by atomic mass is 10.1. The molecule has 2 unspecified atom stereocenters. The first-order valence-corrected chi connectivity index (χ1v) is 6.34. The quantitative estimate of drug-likeness (QED) is 0.873. The SMILES string of the molecule is CCC1CCN(c2ccc(F)cc2C(C)O)C1. The molecular weight excluding hydrogens is 217 g/mol. The first kappa shape index (κ1) is 12.4. The van der Waals surface area contributed by atoms with Crippen LogP contribution in [0.5, 0.6) is 0 Å². The minimum Gasteiger partial charge on any atom is -0.389 e. The lowest BCUT2D eigenvalue weighted by Gasteiger charge is -2.23. The van der Waals surface area contributed by atoms with E-state index < -0.39 is 6.10 Å². The molecule has 0 spiro atoms. The van der Waals surface area contributed by atoms with Gasteiger partial charge in [-0.25, -0.2) is 4.39 Å². The zero-order valence-electron chi connectivity index (χ0n) is 10.5. The van der Waals surface area contributed by atoms with Gasteiger partial charge >= 0.3 is 0 Å². The van der Waals surface area contributed by atoms with Crippen LogP contribution in [-0.4, -0.2) is 18.2 Å². The Kier molecular flexibility index (Phi) is 3.67. The summed E-state index contributed by atoms with van der Waals surface area (Å²) in [7, 11) is 0. The summed E-state index contributed by atoms with van der Waals surface area (Å²) < 4.78 is 13.2. The number of aliphatic hydroxyl groups excluding tert-OH is 1. The average molecular weight is 237 g/mol. The first-order chi connectivity index (χ1) is 8.11. The summed E-state index contributed by atoms with van der Waals surface area (Å²) in [6, 6.07) is 4.70. The molecular formula is C14H20FNO. The van der Waals surface area contributed by atoms with E-state index in [1.807, 2.05) is 0 Å². The van der Waals surface area contributed by atoms with Gasteiger partial charge in [-0.05, 0) is 37.5 Å². The molecule has 1 aromatic carbocycles. The van der Waals surface area contributed by atoms with E-state index in [9.17, 15) is 9.50 Å². The normalized spacial score (nSPS) is 21.9. The maximum atomic E-state index is 13.2. The molecule has 1 saturated heterocycles. The molecule has 0 radical (unpaired) electrons. The van der Waals surface area contributed by atoms with Crippen molar-refractivity contribution in [2.75, 3.05) is 18.0 Å². The van der Waals surface area contributed by atoms with E-state index in [1.165, 1.54) is 25.0 Å². The Hall–Kier alpha value is -1.09. The molecule has 94 valence electrons. The molecule has 0 bridgehead atoms.